The Bertz CT molecular complexity index is 670. The van der Waals surface area contributed by atoms with Gasteiger partial charge in [0.05, 0.1) is 5.56 Å². The van der Waals surface area contributed by atoms with Crippen LogP contribution in [0.3, 0.4) is 0 Å². The van der Waals surface area contributed by atoms with E-state index in [0.717, 1.165) is 12.1 Å². The van der Waals surface area contributed by atoms with Gasteiger partial charge in [-0.15, -0.1) is 0 Å². The van der Waals surface area contributed by atoms with Gasteiger partial charge in [-0.05, 0) is 6.07 Å². The van der Waals surface area contributed by atoms with Crippen LogP contribution in [0, 0.1) is 17.5 Å². The highest BCUT2D eigenvalue weighted by molar-refractivity contribution is 5.97. The lowest BCUT2D eigenvalue weighted by Crippen LogP contribution is -2.16. The lowest BCUT2D eigenvalue weighted by atomic mass is 10.1. The zero-order valence-corrected chi connectivity index (χ0v) is 10.7. The number of benzene rings is 2. The lowest BCUT2D eigenvalue weighted by Gasteiger charge is -2.09. The van der Waals surface area contributed by atoms with Crippen LogP contribution in [0.1, 0.15) is 11.1 Å². The maximum atomic E-state index is 14.1. The zero-order chi connectivity index (χ0) is 15.4. The molecule has 0 heterocycles. The summed E-state index contributed by atoms with van der Waals surface area (Å²) in [5.41, 5.74) is 5.34. The van der Waals surface area contributed by atoms with Crippen LogP contribution in [-0.4, -0.2) is 11.0 Å². The smallest absolute Gasteiger partial charge is 0.173 e. The number of oxime groups is 1. The number of hydrogen-bond acceptors (Lipinski definition) is 3. The van der Waals surface area contributed by atoms with E-state index in [-0.39, 0.29) is 29.3 Å². The van der Waals surface area contributed by atoms with Crippen LogP contribution in [0.5, 0.6) is 5.75 Å². The minimum absolute atomic E-state index is 0.0684. The lowest BCUT2D eigenvalue weighted by molar-refractivity contribution is 0.296. The van der Waals surface area contributed by atoms with Gasteiger partial charge in [0, 0.05) is 23.8 Å². The van der Waals surface area contributed by atoms with Crippen molar-refractivity contribution < 1.29 is 23.1 Å². The number of amidine groups is 1. The van der Waals surface area contributed by atoms with Crippen LogP contribution in [-0.2, 0) is 6.61 Å². The zero-order valence-electron chi connectivity index (χ0n) is 10.7. The van der Waals surface area contributed by atoms with Crippen LogP contribution >= 0.6 is 0 Å². The van der Waals surface area contributed by atoms with E-state index >= 15 is 0 Å². The third kappa shape index (κ3) is 3.44. The van der Waals surface area contributed by atoms with Crippen LogP contribution in [0.2, 0.25) is 0 Å². The summed E-state index contributed by atoms with van der Waals surface area (Å²) in [7, 11) is 0. The molecule has 21 heavy (non-hydrogen) atoms. The van der Waals surface area contributed by atoms with E-state index in [1.807, 2.05) is 0 Å². The van der Waals surface area contributed by atoms with Gasteiger partial charge in [0.2, 0.25) is 0 Å². The van der Waals surface area contributed by atoms with Crippen molar-refractivity contribution in [3.8, 4) is 5.75 Å². The molecular weight excluding hydrogens is 285 g/mol. The summed E-state index contributed by atoms with van der Waals surface area (Å²) in [5.74, 6) is -2.77. The van der Waals surface area contributed by atoms with Crippen molar-refractivity contribution in [1.82, 2.24) is 0 Å². The summed E-state index contributed by atoms with van der Waals surface area (Å²) < 4.78 is 45.2. The minimum Gasteiger partial charge on any atom is -0.489 e. The van der Waals surface area contributed by atoms with Crippen LogP contribution in [0.15, 0.2) is 41.6 Å². The summed E-state index contributed by atoms with van der Waals surface area (Å²) >= 11 is 0. The molecule has 0 amide bonds. The molecule has 0 fully saturated rings. The van der Waals surface area contributed by atoms with E-state index in [2.05, 4.69) is 5.16 Å². The van der Waals surface area contributed by atoms with Crippen molar-refractivity contribution in [3.63, 3.8) is 0 Å². The van der Waals surface area contributed by atoms with E-state index in [1.54, 1.807) is 0 Å². The number of nitrogens with two attached hydrogens (primary N) is 1. The van der Waals surface area contributed by atoms with E-state index < -0.39 is 17.5 Å². The second-order valence-electron chi connectivity index (χ2n) is 4.16. The molecule has 7 heteroatoms. The fourth-order valence-corrected chi connectivity index (χ4v) is 1.72. The summed E-state index contributed by atoms with van der Waals surface area (Å²) in [6.07, 6.45) is 0. The van der Waals surface area contributed by atoms with E-state index in [0.29, 0.717) is 6.07 Å². The van der Waals surface area contributed by atoms with Crippen molar-refractivity contribution >= 4 is 5.84 Å². The van der Waals surface area contributed by atoms with Gasteiger partial charge >= 0.3 is 0 Å². The standard InChI is InChI=1S/C14H11F3N2O2/c15-9-4-10(16)6-11(5-9)21-7-8-2-1-3-12(13(8)17)14(18)19-20/h1-6,20H,7H2,(H2,18,19). The quantitative estimate of drug-likeness (QED) is 0.394. The third-order valence-electron chi connectivity index (χ3n) is 2.69. The maximum Gasteiger partial charge on any atom is 0.173 e. The molecule has 2 aromatic carbocycles. The van der Waals surface area contributed by atoms with Gasteiger partial charge < -0.3 is 15.7 Å². The Labute approximate surface area is 118 Å². The molecule has 0 unspecified atom stereocenters. The monoisotopic (exact) mass is 296 g/mol. The van der Waals surface area contributed by atoms with Gasteiger partial charge in [-0.2, -0.15) is 0 Å². The van der Waals surface area contributed by atoms with Gasteiger partial charge in [-0.1, -0.05) is 17.3 Å². The normalized spacial score (nSPS) is 11.5. The van der Waals surface area contributed by atoms with Crippen molar-refractivity contribution in [1.29, 1.82) is 0 Å². The van der Waals surface area contributed by atoms with E-state index in [4.69, 9.17) is 15.7 Å². The fourth-order valence-electron chi connectivity index (χ4n) is 1.72. The highest BCUT2D eigenvalue weighted by Crippen LogP contribution is 2.19. The minimum atomic E-state index is -0.795. The molecule has 2 aromatic rings. The summed E-state index contributed by atoms with van der Waals surface area (Å²) in [4.78, 5) is 0. The second-order valence-corrected chi connectivity index (χ2v) is 4.16. The van der Waals surface area contributed by atoms with E-state index in [9.17, 15) is 13.2 Å². The first kappa shape index (κ1) is 14.7. The average molecular weight is 296 g/mol. The molecule has 0 bridgehead atoms. The first-order valence-corrected chi connectivity index (χ1v) is 5.85. The Kier molecular flexibility index (Phi) is 4.32. The molecule has 0 aromatic heterocycles. The van der Waals surface area contributed by atoms with Crippen LogP contribution in [0.4, 0.5) is 13.2 Å². The van der Waals surface area contributed by atoms with Crippen molar-refractivity contribution in [3.05, 3.63) is 65.0 Å². The van der Waals surface area contributed by atoms with Gasteiger partial charge in [0.1, 0.15) is 29.8 Å². The molecule has 0 aliphatic rings. The van der Waals surface area contributed by atoms with E-state index in [1.165, 1.54) is 18.2 Å². The van der Waals surface area contributed by atoms with Gasteiger partial charge in [0.25, 0.3) is 0 Å². The molecule has 0 aliphatic carbocycles. The van der Waals surface area contributed by atoms with Crippen molar-refractivity contribution in [2.45, 2.75) is 6.61 Å². The van der Waals surface area contributed by atoms with Crippen molar-refractivity contribution in [2.75, 3.05) is 0 Å². The summed E-state index contributed by atoms with van der Waals surface area (Å²) in [6, 6.07) is 6.89. The van der Waals surface area contributed by atoms with Crippen molar-refractivity contribution in [2.24, 2.45) is 10.9 Å². The molecule has 0 saturated carbocycles. The highest BCUT2D eigenvalue weighted by Gasteiger charge is 2.12. The number of hydrogen-bond donors (Lipinski definition) is 2. The number of halogens is 3. The SMILES string of the molecule is N/C(=N/O)c1cccc(COc2cc(F)cc(F)c2)c1F. The first-order chi connectivity index (χ1) is 10.0. The molecule has 3 N–H and O–H groups in total. The second kappa shape index (κ2) is 6.17. The Morgan fingerprint density at radius 1 is 1.14 bits per heavy atom. The molecule has 0 aliphatic heterocycles. The molecule has 0 atom stereocenters. The largest absolute Gasteiger partial charge is 0.489 e. The summed E-state index contributed by atoms with van der Waals surface area (Å²) in [6.45, 7) is -0.263. The Balaban J connectivity index is 2.20. The molecule has 0 spiro atoms. The number of rotatable bonds is 4. The first-order valence-electron chi connectivity index (χ1n) is 5.85. The van der Waals surface area contributed by atoms with Gasteiger partial charge in [-0.25, -0.2) is 13.2 Å². The molecule has 0 radical (unpaired) electrons. The maximum absolute atomic E-state index is 14.1. The number of ether oxygens (including phenoxy) is 1. The molecule has 2 rings (SSSR count). The Hall–Kier alpha value is -2.70. The predicted octanol–water partition coefficient (Wildman–Crippen LogP) is 2.78. The summed E-state index contributed by atoms with van der Waals surface area (Å²) in [5, 5.41) is 11.3. The van der Waals surface area contributed by atoms with Gasteiger partial charge in [-0.3, -0.25) is 0 Å². The number of nitrogens with zero attached hydrogens (tertiary/aromatic N) is 1. The average Bonchev–Trinajstić information content (AvgIpc) is 2.44. The topological polar surface area (TPSA) is 67.8 Å². The van der Waals surface area contributed by atoms with Gasteiger partial charge in [0.15, 0.2) is 5.84 Å². The molecule has 4 nitrogen and oxygen atoms in total. The third-order valence-corrected chi connectivity index (χ3v) is 2.69. The Morgan fingerprint density at radius 3 is 2.43 bits per heavy atom. The predicted molar refractivity (Wildman–Crippen MR) is 69.6 cm³/mol. The fraction of sp³-hybridized carbons (Fsp3) is 0.0714. The molecule has 110 valence electrons. The highest BCUT2D eigenvalue weighted by atomic mass is 19.1. The molecule has 0 saturated heterocycles. The van der Waals surface area contributed by atoms with Crippen LogP contribution in [0.25, 0.3) is 0 Å². The molecular formula is C14H11F3N2O2. The van der Waals surface area contributed by atoms with Crippen LogP contribution < -0.4 is 10.5 Å². The Morgan fingerprint density at radius 2 is 1.81 bits per heavy atom.